The molecule has 4 nitrogen and oxygen atoms in total. The lowest BCUT2D eigenvalue weighted by Crippen LogP contribution is -2.27. The standard InChI is InChI=1S/C15H18N2O2S/c1-15(2,3)19-14(18)17-11-9-12(20-13(11)16)10-7-5-4-6-8-10/h4-9H,16H2,1-3H3,(H,17,18). The molecule has 1 amide bonds. The van der Waals surface area contributed by atoms with Crippen LogP contribution in [0.5, 0.6) is 0 Å². The molecule has 2 aromatic rings. The summed E-state index contributed by atoms with van der Waals surface area (Å²) in [5.41, 5.74) is 7.07. The Balaban J connectivity index is 2.15. The molecule has 0 fully saturated rings. The van der Waals surface area contributed by atoms with Gasteiger partial charge in [0.05, 0.1) is 5.69 Å². The highest BCUT2D eigenvalue weighted by Gasteiger charge is 2.18. The van der Waals surface area contributed by atoms with Gasteiger partial charge in [0, 0.05) is 4.88 Å². The molecule has 1 heterocycles. The van der Waals surface area contributed by atoms with Gasteiger partial charge in [-0.25, -0.2) is 4.79 Å². The van der Waals surface area contributed by atoms with Crippen LogP contribution in [0.3, 0.4) is 0 Å². The third-order valence-corrected chi connectivity index (χ3v) is 3.47. The van der Waals surface area contributed by atoms with Gasteiger partial charge in [0.2, 0.25) is 0 Å². The summed E-state index contributed by atoms with van der Waals surface area (Å²) in [5.74, 6) is 0. The van der Waals surface area contributed by atoms with E-state index in [1.807, 2.05) is 57.2 Å². The molecule has 0 unspecified atom stereocenters. The van der Waals surface area contributed by atoms with Crippen LogP contribution < -0.4 is 11.1 Å². The van der Waals surface area contributed by atoms with Crippen molar-refractivity contribution in [2.24, 2.45) is 0 Å². The third-order valence-electron chi connectivity index (χ3n) is 2.45. The summed E-state index contributed by atoms with van der Waals surface area (Å²) >= 11 is 1.43. The average Bonchev–Trinajstić information content (AvgIpc) is 2.70. The quantitative estimate of drug-likeness (QED) is 0.864. The summed E-state index contributed by atoms with van der Waals surface area (Å²) in [5, 5.41) is 3.25. The highest BCUT2D eigenvalue weighted by atomic mass is 32.1. The van der Waals surface area contributed by atoms with Crippen molar-refractivity contribution >= 4 is 28.1 Å². The van der Waals surface area contributed by atoms with E-state index < -0.39 is 11.7 Å². The monoisotopic (exact) mass is 290 g/mol. The Labute approximate surface area is 122 Å². The number of thiophene rings is 1. The molecule has 3 N–H and O–H groups in total. The number of hydrogen-bond acceptors (Lipinski definition) is 4. The summed E-state index contributed by atoms with van der Waals surface area (Å²) < 4.78 is 5.21. The minimum Gasteiger partial charge on any atom is -0.444 e. The number of carbonyl (C=O) groups is 1. The van der Waals surface area contributed by atoms with E-state index in [2.05, 4.69) is 5.32 Å². The SMILES string of the molecule is CC(C)(C)OC(=O)Nc1cc(-c2ccccc2)sc1N. The summed E-state index contributed by atoms with van der Waals surface area (Å²) in [6, 6.07) is 11.8. The van der Waals surface area contributed by atoms with Gasteiger partial charge in [-0.3, -0.25) is 5.32 Å². The number of ether oxygens (including phenoxy) is 1. The summed E-state index contributed by atoms with van der Waals surface area (Å²) in [7, 11) is 0. The molecule has 1 aromatic carbocycles. The predicted octanol–water partition coefficient (Wildman–Crippen LogP) is 4.34. The van der Waals surface area contributed by atoms with Gasteiger partial charge < -0.3 is 10.5 Å². The van der Waals surface area contributed by atoms with E-state index in [4.69, 9.17) is 10.5 Å². The molecule has 106 valence electrons. The maximum atomic E-state index is 11.7. The Morgan fingerprint density at radius 1 is 1.25 bits per heavy atom. The first-order valence-electron chi connectivity index (χ1n) is 6.30. The molecule has 20 heavy (non-hydrogen) atoms. The zero-order valence-corrected chi connectivity index (χ0v) is 12.6. The Morgan fingerprint density at radius 3 is 2.50 bits per heavy atom. The number of nitrogens with one attached hydrogen (secondary N) is 1. The van der Waals surface area contributed by atoms with Crippen molar-refractivity contribution in [3.8, 4) is 10.4 Å². The molecular weight excluding hydrogens is 272 g/mol. The van der Waals surface area contributed by atoms with Crippen molar-refractivity contribution in [2.75, 3.05) is 11.1 Å². The van der Waals surface area contributed by atoms with Crippen LogP contribution in [0.25, 0.3) is 10.4 Å². The molecule has 0 spiro atoms. The number of benzene rings is 1. The van der Waals surface area contributed by atoms with Crippen molar-refractivity contribution in [3.05, 3.63) is 36.4 Å². The Kier molecular flexibility index (Phi) is 3.99. The maximum absolute atomic E-state index is 11.7. The number of rotatable bonds is 2. The van der Waals surface area contributed by atoms with Crippen LogP contribution >= 0.6 is 11.3 Å². The van der Waals surface area contributed by atoms with Crippen LogP contribution in [0, 0.1) is 0 Å². The Morgan fingerprint density at radius 2 is 1.90 bits per heavy atom. The summed E-state index contributed by atoms with van der Waals surface area (Å²) in [6.07, 6.45) is -0.499. The molecule has 0 radical (unpaired) electrons. The number of anilines is 2. The fraction of sp³-hybridized carbons (Fsp3) is 0.267. The zero-order valence-electron chi connectivity index (χ0n) is 11.8. The number of hydrogen-bond donors (Lipinski definition) is 2. The van der Waals surface area contributed by atoms with Crippen molar-refractivity contribution in [2.45, 2.75) is 26.4 Å². The van der Waals surface area contributed by atoms with Gasteiger partial charge in [-0.1, -0.05) is 30.3 Å². The first kappa shape index (κ1) is 14.4. The van der Waals surface area contributed by atoms with Gasteiger partial charge in [0.15, 0.2) is 0 Å². The van der Waals surface area contributed by atoms with Crippen molar-refractivity contribution in [1.82, 2.24) is 0 Å². The molecule has 0 aliphatic carbocycles. The number of carbonyl (C=O) groups excluding carboxylic acids is 1. The Bertz CT molecular complexity index is 600. The van der Waals surface area contributed by atoms with Crippen LogP contribution in [0.2, 0.25) is 0 Å². The molecule has 0 saturated carbocycles. The minimum absolute atomic E-state index is 0.499. The van der Waals surface area contributed by atoms with E-state index in [0.717, 1.165) is 10.4 Å². The molecule has 2 rings (SSSR count). The van der Waals surface area contributed by atoms with Gasteiger partial charge in [0.1, 0.15) is 10.6 Å². The highest BCUT2D eigenvalue weighted by molar-refractivity contribution is 7.20. The third kappa shape index (κ3) is 3.74. The van der Waals surface area contributed by atoms with E-state index in [9.17, 15) is 4.79 Å². The summed E-state index contributed by atoms with van der Waals surface area (Å²) in [4.78, 5) is 12.8. The molecule has 0 saturated heterocycles. The topological polar surface area (TPSA) is 64.3 Å². The first-order valence-corrected chi connectivity index (χ1v) is 7.11. The van der Waals surface area contributed by atoms with Crippen molar-refractivity contribution in [1.29, 1.82) is 0 Å². The van der Waals surface area contributed by atoms with Crippen molar-refractivity contribution in [3.63, 3.8) is 0 Å². The van der Waals surface area contributed by atoms with Crippen LogP contribution in [-0.4, -0.2) is 11.7 Å². The second-order valence-corrected chi connectivity index (χ2v) is 6.47. The van der Waals surface area contributed by atoms with E-state index in [0.29, 0.717) is 10.7 Å². The lowest BCUT2D eigenvalue weighted by atomic mass is 10.2. The summed E-state index contributed by atoms with van der Waals surface area (Å²) in [6.45, 7) is 5.46. The second kappa shape index (κ2) is 5.54. The van der Waals surface area contributed by atoms with Crippen LogP contribution in [0.15, 0.2) is 36.4 Å². The smallest absolute Gasteiger partial charge is 0.412 e. The van der Waals surface area contributed by atoms with E-state index in [1.165, 1.54) is 11.3 Å². The zero-order chi connectivity index (χ0) is 14.8. The van der Waals surface area contributed by atoms with Crippen LogP contribution in [0.1, 0.15) is 20.8 Å². The minimum atomic E-state index is -0.531. The van der Waals surface area contributed by atoms with Gasteiger partial charge in [-0.05, 0) is 32.4 Å². The van der Waals surface area contributed by atoms with E-state index >= 15 is 0 Å². The average molecular weight is 290 g/mol. The second-order valence-electron chi connectivity index (χ2n) is 5.38. The number of nitrogen functional groups attached to an aromatic ring is 1. The molecule has 0 aliphatic rings. The molecule has 0 bridgehead atoms. The fourth-order valence-electron chi connectivity index (χ4n) is 1.66. The lowest BCUT2D eigenvalue weighted by molar-refractivity contribution is 0.0636. The normalized spacial score (nSPS) is 11.2. The van der Waals surface area contributed by atoms with Crippen molar-refractivity contribution < 1.29 is 9.53 Å². The predicted molar refractivity (Wildman–Crippen MR) is 84.0 cm³/mol. The Hall–Kier alpha value is -2.01. The van der Waals surface area contributed by atoms with Crippen LogP contribution in [0.4, 0.5) is 15.5 Å². The van der Waals surface area contributed by atoms with Gasteiger partial charge in [-0.2, -0.15) is 0 Å². The molecule has 0 aliphatic heterocycles. The highest BCUT2D eigenvalue weighted by Crippen LogP contribution is 2.36. The van der Waals surface area contributed by atoms with Gasteiger partial charge in [-0.15, -0.1) is 11.3 Å². The lowest BCUT2D eigenvalue weighted by Gasteiger charge is -2.19. The fourth-order valence-corrected chi connectivity index (χ4v) is 2.55. The largest absolute Gasteiger partial charge is 0.444 e. The molecule has 0 atom stereocenters. The van der Waals surface area contributed by atoms with Gasteiger partial charge >= 0.3 is 6.09 Å². The first-order chi connectivity index (χ1) is 9.35. The van der Waals surface area contributed by atoms with E-state index in [-0.39, 0.29) is 0 Å². The molecular formula is C15H18N2O2S. The number of nitrogens with two attached hydrogens (primary N) is 1. The van der Waals surface area contributed by atoms with Gasteiger partial charge in [0.25, 0.3) is 0 Å². The number of amides is 1. The molecule has 1 aromatic heterocycles. The van der Waals surface area contributed by atoms with E-state index in [1.54, 1.807) is 0 Å². The maximum Gasteiger partial charge on any atom is 0.412 e. The molecule has 5 heteroatoms. The van der Waals surface area contributed by atoms with Crippen LogP contribution in [-0.2, 0) is 4.74 Å².